The average molecular weight is 380 g/mol. The van der Waals surface area contributed by atoms with Crippen LogP contribution in [0.4, 0.5) is 34.1 Å². The Balaban J connectivity index is 1.64. The number of aromatic nitrogens is 2. The van der Waals surface area contributed by atoms with Crippen LogP contribution in [0, 0.1) is 5.82 Å². The van der Waals surface area contributed by atoms with Crippen LogP contribution in [0.5, 0.6) is 0 Å². The molecule has 3 rings (SSSR count). The van der Waals surface area contributed by atoms with E-state index in [9.17, 15) is 22.4 Å². The van der Waals surface area contributed by atoms with Gasteiger partial charge in [-0.25, -0.2) is 9.18 Å². The highest BCUT2D eigenvalue weighted by Gasteiger charge is 2.33. The maximum atomic E-state index is 12.9. The number of carbonyl (C=O) groups is 1. The molecule has 6 nitrogen and oxygen atoms in total. The molecule has 0 atom stereocenters. The Kier molecular flexibility index (Phi) is 5.06. The summed E-state index contributed by atoms with van der Waals surface area (Å²) in [5, 5.41) is 11.6. The molecule has 1 heterocycles. The Morgan fingerprint density at radius 1 is 1.00 bits per heavy atom. The van der Waals surface area contributed by atoms with E-state index >= 15 is 0 Å². The zero-order chi connectivity index (χ0) is 19.4. The van der Waals surface area contributed by atoms with Gasteiger partial charge in [0.25, 0.3) is 0 Å². The van der Waals surface area contributed by atoms with Crippen molar-refractivity contribution in [2.75, 3.05) is 10.6 Å². The monoisotopic (exact) mass is 380 g/mol. The van der Waals surface area contributed by atoms with Crippen LogP contribution in [-0.2, 0) is 12.6 Å². The average Bonchev–Trinajstić information content (AvgIpc) is 3.03. The summed E-state index contributed by atoms with van der Waals surface area (Å²) in [4.78, 5) is 11.9. The minimum absolute atomic E-state index is 0.146. The van der Waals surface area contributed by atoms with Crippen molar-refractivity contribution >= 4 is 17.7 Å². The zero-order valence-electron chi connectivity index (χ0n) is 13.5. The van der Waals surface area contributed by atoms with Crippen molar-refractivity contribution in [3.05, 3.63) is 71.4 Å². The summed E-state index contributed by atoms with van der Waals surface area (Å²) in [6, 6.07) is 8.91. The lowest BCUT2D eigenvalue weighted by Crippen LogP contribution is -2.22. The molecule has 2 N–H and O–H groups in total. The lowest BCUT2D eigenvalue weighted by Gasteiger charge is -2.13. The Labute approximate surface area is 150 Å². The van der Waals surface area contributed by atoms with Crippen molar-refractivity contribution < 1.29 is 26.8 Å². The number of rotatable bonds is 4. The quantitative estimate of drug-likeness (QED) is 0.655. The molecule has 0 saturated heterocycles. The molecule has 27 heavy (non-hydrogen) atoms. The van der Waals surface area contributed by atoms with Gasteiger partial charge in [0.15, 0.2) is 0 Å². The predicted molar refractivity (Wildman–Crippen MR) is 87.6 cm³/mol. The summed E-state index contributed by atoms with van der Waals surface area (Å²) >= 11 is 0. The summed E-state index contributed by atoms with van der Waals surface area (Å²) in [6.45, 7) is 0. The van der Waals surface area contributed by atoms with E-state index in [0.29, 0.717) is 5.56 Å². The van der Waals surface area contributed by atoms with Crippen LogP contribution in [0.15, 0.2) is 52.9 Å². The second-order valence-corrected chi connectivity index (χ2v) is 5.43. The van der Waals surface area contributed by atoms with Gasteiger partial charge in [0.2, 0.25) is 5.89 Å². The van der Waals surface area contributed by atoms with Crippen LogP contribution in [0.25, 0.3) is 0 Å². The first kappa shape index (κ1) is 18.4. The number of nitrogens with zero attached hydrogens (tertiary/aromatic N) is 2. The van der Waals surface area contributed by atoms with E-state index in [1.54, 1.807) is 0 Å². The first-order chi connectivity index (χ1) is 12.8. The second-order valence-electron chi connectivity index (χ2n) is 5.43. The lowest BCUT2D eigenvalue weighted by atomic mass is 10.1. The fraction of sp³-hybridized carbons (Fsp3) is 0.118. The van der Waals surface area contributed by atoms with Gasteiger partial charge in [-0.15, -0.1) is 5.10 Å². The largest absolute Gasteiger partial charge is 0.418 e. The minimum atomic E-state index is -4.61. The smallest absolute Gasteiger partial charge is 0.407 e. The Bertz CT molecular complexity index is 939. The van der Waals surface area contributed by atoms with Gasteiger partial charge in [-0.3, -0.25) is 5.32 Å². The minimum Gasteiger partial charge on any atom is -0.407 e. The number of nitrogens with one attached hydrogen (secondary N) is 2. The summed E-state index contributed by atoms with van der Waals surface area (Å²) < 4.78 is 56.9. The number of anilines is 2. The molecule has 0 aliphatic heterocycles. The first-order valence-corrected chi connectivity index (χ1v) is 7.62. The highest BCUT2D eigenvalue weighted by molar-refractivity contribution is 5.98. The molecular weight excluding hydrogens is 368 g/mol. The van der Waals surface area contributed by atoms with Gasteiger partial charge in [0.1, 0.15) is 5.82 Å². The summed E-state index contributed by atoms with van der Waals surface area (Å²) in [6.07, 6.45) is -4.41. The molecule has 0 saturated carbocycles. The molecule has 3 aromatic rings. The molecular formula is C17H12F4N4O2. The third-order valence-electron chi connectivity index (χ3n) is 3.44. The van der Waals surface area contributed by atoms with E-state index in [4.69, 9.17) is 4.42 Å². The molecule has 2 aromatic carbocycles. The van der Waals surface area contributed by atoms with Crippen LogP contribution >= 0.6 is 0 Å². The van der Waals surface area contributed by atoms with Gasteiger partial charge in [0, 0.05) is 0 Å². The van der Waals surface area contributed by atoms with E-state index in [2.05, 4.69) is 20.8 Å². The number of hydrogen-bond acceptors (Lipinski definition) is 4. The van der Waals surface area contributed by atoms with Crippen molar-refractivity contribution in [3.63, 3.8) is 0 Å². The fourth-order valence-corrected chi connectivity index (χ4v) is 2.24. The molecule has 0 aliphatic carbocycles. The SMILES string of the molecule is O=C(Nc1nnc(Cc2ccc(F)cc2)o1)Nc1ccccc1C(F)(F)F. The Morgan fingerprint density at radius 2 is 1.70 bits per heavy atom. The molecule has 10 heteroatoms. The lowest BCUT2D eigenvalue weighted by molar-refractivity contribution is -0.136. The van der Waals surface area contributed by atoms with E-state index < -0.39 is 23.5 Å². The predicted octanol–water partition coefficient (Wildman–Crippen LogP) is 4.46. The number of benzene rings is 2. The number of para-hydroxylation sites is 1. The molecule has 0 bridgehead atoms. The van der Waals surface area contributed by atoms with Gasteiger partial charge in [-0.1, -0.05) is 29.4 Å². The highest BCUT2D eigenvalue weighted by atomic mass is 19.4. The third kappa shape index (κ3) is 4.81. The molecule has 1 aromatic heterocycles. The molecule has 0 radical (unpaired) electrons. The van der Waals surface area contributed by atoms with Gasteiger partial charge in [0.05, 0.1) is 17.7 Å². The van der Waals surface area contributed by atoms with Crippen LogP contribution in [-0.4, -0.2) is 16.2 Å². The normalized spacial score (nSPS) is 11.3. The van der Waals surface area contributed by atoms with Crippen molar-refractivity contribution in [1.82, 2.24) is 10.2 Å². The van der Waals surface area contributed by atoms with Crippen LogP contribution in [0.3, 0.4) is 0 Å². The first-order valence-electron chi connectivity index (χ1n) is 7.62. The summed E-state index contributed by atoms with van der Waals surface area (Å²) in [5.74, 6) is -0.241. The van der Waals surface area contributed by atoms with Crippen LogP contribution < -0.4 is 10.6 Å². The number of urea groups is 1. The molecule has 0 spiro atoms. The van der Waals surface area contributed by atoms with E-state index in [1.807, 2.05) is 0 Å². The summed E-state index contributed by atoms with van der Waals surface area (Å²) in [7, 11) is 0. The van der Waals surface area contributed by atoms with Gasteiger partial charge in [-0.2, -0.15) is 13.2 Å². The second kappa shape index (κ2) is 7.44. The number of hydrogen-bond donors (Lipinski definition) is 2. The Morgan fingerprint density at radius 3 is 2.41 bits per heavy atom. The van der Waals surface area contributed by atoms with Crippen molar-refractivity contribution in [3.8, 4) is 0 Å². The summed E-state index contributed by atoms with van der Waals surface area (Å²) in [5.41, 5.74) is -0.689. The van der Waals surface area contributed by atoms with Crippen molar-refractivity contribution in [2.45, 2.75) is 12.6 Å². The van der Waals surface area contributed by atoms with E-state index in [1.165, 1.54) is 36.4 Å². The third-order valence-corrected chi connectivity index (χ3v) is 3.44. The maximum Gasteiger partial charge on any atom is 0.418 e. The van der Waals surface area contributed by atoms with Crippen LogP contribution in [0.1, 0.15) is 17.0 Å². The molecule has 0 fully saturated rings. The van der Waals surface area contributed by atoms with E-state index in [-0.39, 0.29) is 24.1 Å². The zero-order valence-corrected chi connectivity index (χ0v) is 13.5. The van der Waals surface area contributed by atoms with Gasteiger partial charge >= 0.3 is 18.2 Å². The number of carbonyl (C=O) groups excluding carboxylic acids is 1. The fourth-order valence-electron chi connectivity index (χ4n) is 2.24. The van der Waals surface area contributed by atoms with Crippen LogP contribution in [0.2, 0.25) is 0 Å². The van der Waals surface area contributed by atoms with Gasteiger partial charge < -0.3 is 9.73 Å². The van der Waals surface area contributed by atoms with Crippen molar-refractivity contribution in [2.24, 2.45) is 0 Å². The number of halogens is 4. The van der Waals surface area contributed by atoms with Gasteiger partial charge in [-0.05, 0) is 29.8 Å². The topological polar surface area (TPSA) is 80.1 Å². The Hall–Kier alpha value is -3.43. The molecule has 0 aliphatic rings. The molecule has 140 valence electrons. The highest BCUT2D eigenvalue weighted by Crippen LogP contribution is 2.34. The number of amides is 2. The van der Waals surface area contributed by atoms with Crippen molar-refractivity contribution in [1.29, 1.82) is 0 Å². The standard InChI is InChI=1S/C17H12F4N4O2/c18-11-7-5-10(6-8-11)9-14-24-25-16(27-14)23-15(26)22-13-4-2-1-3-12(13)17(19,20)21/h1-8H,9H2,(H2,22,23,25,26). The molecule has 2 amide bonds. The number of alkyl halides is 3. The molecule has 0 unspecified atom stereocenters. The maximum absolute atomic E-state index is 12.9. The van der Waals surface area contributed by atoms with E-state index in [0.717, 1.165) is 12.1 Å².